The zero-order valence-electron chi connectivity index (χ0n) is 11.8. The van der Waals surface area contributed by atoms with Gasteiger partial charge in [0.1, 0.15) is 16.4 Å². The number of oxazole rings is 1. The monoisotopic (exact) mass is 311 g/mol. The van der Waals surface area contributed by atoms with Gasteiger partial charge >= 0.3 is 0 Å². The molecule has 0 aliphatic carbocycles. The van der Waals surface area contributed by atoms with Crippen molar-refractivity contribution in [1.29, 1.82) is 0 Å². The summed E-state index contributed by atoms with van der Waals surface area (Å²) in [6, 6.07) is 4.78. The predicted molar refractivity (Wildman–Crippen MR) is 76.2 cm³/mol. The number of rotatable bonds is 6. The van der Waals surface area contributed by atoms with Gasteiger partial charge in [-0.25, -0.2) is 18.1 Å². The Balaban J connectivity index is 2.26. The zero-order chi connectivity index (χ0) is 15.5. The standard InChI is InChI=1S/C13H17N3O4S/c1-9-7-15-13(20-9)8-16-21(17,18)12-5-10(6-14)3-4-11(12)19-2/h3-5,7,16H,6,8,14H2,1-2H3. The van der Waals surface area contributed by atoms with Gasteiger partial charge in [0.05, 0.1) is 19.9 Å². The summed E-state index contributed by atoms with van der Waals surface area (Å²) in [5.74, 6) is 1.17. The Kier molecular flexibility index (Phi) is 4.61. The van der Waals surface area contributed by atoms with E-state index in [4.69, 9.17) is 14.9 Å². The van der Waals surface area contributed by atoms with Gasteiger partial charge in [-0.05, 0) is 24.6 Å². The molecule has 2 aromatic rings. The van der Waals surface area contributed by atoms with E-state index in [1.54, 1.807) is 19.1 Å². The lowest BCUT2D eigenvalue weighted by Crippen LogP contribution is -2.24. The molecule has 1 aromatic heterocycles. The van der Waals surface area contributed by atoms with Crippen molar-refractivity contribution in [3.8, 4) is 5.75 Å². The van der Waals surface area contributed by atoms with Gasteiger partial charge in [0, 0.05) is 6.54 Å². The van der Waals surface area contributed by atoms with Crippen LogP contribution < -0.4 is 15.2 Å². The lowest BCUT2D eigenvalue weighted by molar-refractivity contribution is 0.401. The van der Waals surface area contributed by atoms with Crippen molar-refractivity contribution in [2.45, 2.75) is 24.9 Å². The number of nitrogens with one attached hydrogen (secondary N) is 1. The summed E-state index contributed by atoms with van der Waals surface area (Å²) in [6.45, 7) is 1.94. The van der Waals surface area contributed by atoms with Crippen LogP contribution in [0.1, 0.15) is 17.2 Å². The van der Waals surface area contributed by atoms with E-state index in [0.717, 1.165) is 0 Å². The molecule has 0 unspecified atom stereocenters. The second-order valence-electron chi connectivity index (χ2n) is 4.38. The maximum Gasteiger partial charge on any atom is 0.244 e. The third kappa shape index (κ3) is 3.60. The quantitative estimate of drug-likeness (QED) is 0.821. The molecule has 0 atom stereocenters. The van der Waals surface area contributed by atoms with Crippen LogP contribution in [0.25, 0.3) is 0 Å². The number of sulfonamides is 1. The summed E-state index contributed by atoms with van der Waals surface area (Å²) in [6.07, 6.45) is 1.53. The van der Waals surface area contributed by atoms with Crippen LogP contribution in [0, 0.1) is 6.92 Å². The van der Waals surface area contributed by atoms with E-state index >= 15 is 0 Å². The molecule has 0 bridgehead atoms. The highest BCUT2D eigenvalue weighted by atomic mass is 32.2. The van der Waals surface area contributed by atoms with E-state index in [9.17, 15) is 8.42 Å². The second-order valence-corrected chi connectivity index (χ2v) is 6.11. The van der Waals surface area contributed by atoms with E-state index in [2.05, 4.69) is 9.71 Å². The molecular formula is C13H17N3O4S. The molecule has 2 rings (SSSR count). The molecule has 0 saturated carbocycles. The Hall–Kier alpha value is -1.90. The van der Waals surface area contributed by atoms with Gasteiger partial charge in [0.2, 0.25) is 15.9 Å². The van der Waals surface area contributed by atoms with Crippen molar-refractivity contribution in [2.75, 3.05) is 7.11 Å². The summed E-state index contributed by atoms with van der Waals surface area (Å²) in [5.41, 5.74) is 6.24. The van der Waals surface area contributed by atoms with E-state index < -0.39 is 10.0 Å². The van der Waals surface area contributed by atoms with Crippen molar-refractivity contribution < 1.29 is 17.6 Å². The van der Waals surface area contributed by atoms with Gasteiger partial charge in [-0.1, -0.05) is 6.07 Å². The first-order chi connectivity index (χ1) is 9.96. The molecule has 0 aliphatic heterocycles. The Morgan fingerprint density at radius 1 is 1.43 bits per heavy atom. The largest absolute Gasteiger partial charge is 0.495 e. The topological polar surface area (TPSA) is 107 Å². The highest BCUT2D eigenvalue weighted by molar-refractivity contribution is 7.89. The number of aromatic nitrogens is 1. The predicted octanol–water partition coefficient (Wildman–Crippen LogP) is 0.929. The van der Waals surface area contributed by atoms with Gasteiger partial charge in [0.15, 0.2) is 0 Å². The van der Waals surface area contributed by atoms with Gasteiger partial charge in [0.25, 0.3) is 0 Å². The number of hydrogen-bond acceptors (Lipinski definition) is 6. The molecule has 114 valence electrons. The molecule has 0 amide bonds. The number of hydrogen-bond donors (Lipinski definition) is 2. The van der Waals surface area contributed by atoms with E-state index in [1.807, 2.05) is 0 Å². The average molecular weight is 311 g/mol. The molecule has 0 spiro atoms. The molecule has 7 nitrogen and oxygen atoms in total. The molecule has 0 aliphatic rings. The highest BCUT2D eigenvalue weighted by Crippen LogP contribution is 2.24. The zero-order valence-corrected chi connectivity index (χ0v) is 12.6. The number of aryl methyl sites for hydroxylation is 1. The van der Waals surface area contributed by atoms with Crippen molar-refractivity contribution in [3.63, 3.8) is 0 Å². The van der Waals surface area contributed by atoms with Crippen LogP contribution in [0.15, 0.2) is 33.7 Å². The Labute approximate surface area is 123 Å². The molecule has 0 fully saturated rings. The third-order valence-corrected chi connectivity index (χ3v) is 4.26. The average Bonchev–Trinajstić information content (AvgIpc) is 2.90. The smallest absolute Gasteiger partial charge is 0.244 e. The second kappa shape index (κ2) is 6.25. The first kappa shape index (κ1) is 15.5. The van der Waals surface area contributed by atoms with Gasteiger partial charge in [-0.15, -0.1) is 0 Å². The van der Waals surface area contributed by atoms with Crippen molar-refractivity contribution in [2.24, 2.45) is 5.73 Å². The molecule has 1 heterocycles. The Bertz CT molecular complexity index is 725. The van der Waals surface area contributed by atoms with Crippen LogP contribution >= 0.6 is 0 Å². The molecule has 21 heavy (non-hydrogen) atoms. The molecule has 0 saturated heterocycles. The Morgan fingerprint density at radius 3 is 2.76 bits per heavy atom. The van der Waals surface area contributed by atoms with E-state index in [-0.39, 0.29) is 23.7 Å². The lowest BCUT2D eigenvalue weighted by Gasteiger charge is -2.11. The maximum absolute atomic E-state index is 12.4. The fourth-order valence-corrected chi connectivity index (χ4v) is 2.97. The number of benzene rings is 1. The van der Waals surface area contributed by atoms with Gasteiger partial charge in [-0.3, -0.25) is 0 Å². The van der Waals surface area contributed by atoms with Crippen LogP contribution in [0.5, 0.6) is 5.75 Å². The van der Waals surface area contributed by atoms with Crippen molar-refractivity contribution in [1.82, 2.24) is 9.71 Å². The number of nitrogens with two attached hydrogens (primary N) is 1. The molecule has 8 heteroatoms. The van der Waals surface area contributed by atoms with Gasteiger partial charge in [-0.2, -0.15) is 0 Å². The molecule has 0 radical (unpaired) electrons. The number of nitrogens with zero attached hydrogens (tertiary/aromatic N) is 1. The first-order valence-electron chi connectivity index (χ1n) is 6.24. The molecule has 1 aromatic carbocycles. The number of ether oxygens (including phenoxy) is 1. The van der Waals surface area contributed by atoms with E-state index in [1.165, 1.54) is 19.4 Å². The first-order valence-corrected chi connectivity index (χ1v) is 7.72. The Morgan fingerprint density at radius 2 is 2.19 bits per heavy atom. The summed E-state index contributed by atoms with van der Waals surface area (Å²) in [4.78, 5) is 3.98. The molecular weight excluding hydrogens is 294 g/mol. The highest BCUT2D eigenvalue weighted by Gasteiger charge is 2.20. The fourth-order valence-electron chi connectivity index (χ4n) is 1.78. The van der Waals surface area contributed by atoms with Gasteiger partial charge < -0.3 is 14.9 Å². The maximum atomic E-state index is 12.4. The van der Waals surface area contributed by atoms with Crippen LogP contribution in [0.2, 0.25) is 0 Å². The fraction of sp³-hybridized carbons (Fsp3) is 0.308. The van der Waals surface area contributed by atoms with Crippen molar-refractivity contribution in [3.05, 3.63) is 41.6 Å². The van der Waals surface area contributed by atoms with Crippen LogP contribution in [0.3, 0.4) is 0 Å². The minimum absolute atomic E-state index is 0.0355. The summed E-state index contributed by atoms with van der Waals surface area (Å²) in [5, 5.41) is 0. The summed E-state index contributed by atoms with van der Waals surface area (Å²) < 4.78 is 37.5. The summed E-state index contributed by atoms with van der Waals surface area (Å²) in [7, 11) is -2.34. The minimum Gasteiger partial charge on any atom is -0.495 e. The lowest BCUT2D eigenvalue weighted by atomic mass is 10.2. The molecule has 3 N–H and O–H groups in total. The number of methoxy groups -OCH3 is 1. The van der Waals surface area contributed by atoms with Crippen molar-refractivity contribution >= 4 is 10.0 Å². The minimum atomic E-state index is -3.76. The summed E-state index contributed by atoms with van der Waals surface area (Å²) >= 11 is 0. The van der Waals surface area contributed by atoms with Crippen LogP contribution in [-0.4, -0.2) is 20.5 Å². The van der Waals surface area contributed by atoms with Crippen LogP contribution in [0.4, 0.5) is 0 Å². The normalized spacial score (nSPS) is 11.6. The third-order valence-electron chi connectivity index (χ3n) is 2.84. The SMILES string of the molecule is COc1ccc(CN)cc1S(=O)(=O)NCc1ncc(C)o1. The van der Waals surface area contributed by atoms with Crippen LogP contribution in [-0.2, 0) is 23.1 Å². The van der Waals surface area contributed by atoms with E-state index in [0.29, 0.717) is 17.2 Å².